The van der Waals surface area contributed by atoms with E-state index in [1.165, 1.54) is 42.4 Å². The molecule has 2 aromatic rings. The van der Waals surface area contributed by atoms with Gasteiger partial charge in [-0.25, -0.2) is 0 Å². The first-order valence-electron chi connectivity index (χ1n) is 8.81. The second-order valence-electron chi connectivity index (χ2n) is 6.42. The Bertz CT molecular complexity index is 737. The SMILES string of the molecule is COc1ccccc1Nc1nnc(SCC(=O)N[C@H]2CCCC[C@@H]2C)s1. The fourth-order valence-electron chi connectivity index (χ4n) is 3.09. The van der Waals surface area contributed by atoms with E-state index in [0.29, 0.717) is 22.8 Å². The molecule has 0 bridgehead atoms. The summed E-state index contributed by atoms with van der Waals surface area (Å²) in [6, 6.07) is 7.96. The summed E-state index contributed by atoms with van der Waals surface area (Å²) < 4.78 is 6.09. The van der Waals surface area contributed by atoms with Crippen LogP contribution >= 0.6 is 23.1 Å². The summed E-state index contributed by atoms with van der Waals surface area (Å²) >= 11 is 2.85. The van der Waals surface area contributed by atoms with Crippen LogP contribution in [0.1, 0.15) is 32.6 Å². The summed E-state index contributed by atoms with van der Waals surface area (Å²) in [5.41, 5.74) is 0.840. The van der Waals surface area contributed by atoms with E-state index in [4.69, 9.17) is 4.74 Å². The van der Waals surface area contributed by atoms with Crippen LogP contribution in [-0.4, -0.2) is 35.0 Å². The van der Waals surface area contributed by atoms with Gasteiger partial charge in [0.2, 0.25) is 11.0 Å². The third-order valence-corrected chi connectivity index (χ3v) is 6.51. The van der Waals surface area contributed by atoms with Crippen LogP contribution in [-0.2, 0) is 4.79 Å². The Morgan fingerprint density at radius 2 is 2.12 bits per heavy atom. The van der Waals surface area contributed by atoms with Crippen LogP contribution < -0.4 is 15.4 Å². The first-order chi connectivity index (χ1) is 12.7. The predicted molar refractivity (Wildman–Crippen MR) is 106 cm³/mol. The summed E-state index contributed by atoms with van der Waals surface area (Å²) in [6.07, 6.45) is 4.77. The number of amides is 1. The number of thioether (sulfide) groups is 1. The number of carbonyl (C=O) groups is 1. The molecule has 3 rings (SSSR count). The topological polar surface area (TPSA) is 76.1 Å². The highest BCUT2D eigenvalue weighted by Crippen LogP contribution is 2.31. The Balaban J connectivity index is 1.49. The van der Waals surface area contributed by atoms with E-state index in [0.717, 1.165) is 22.2 Å². The molecule has 0 radical (unpaired) electrons. The number of carbonyl (C=O) groups excluding carboxylic acids is 1. The van der Waals surface area contributed by atoms with Crippen molar-refractivity contribution in [1.29, 1.82) is 0 Å². The number of rotatable bonds is 7. The van der Waals surface area contributed by atoms with Crippen molar-refractivity contribution in [3.8, 4) is 5.75 Å². The highest BCUT2D eigenvalue weighted by molar-refractivity contribution is 8.01. The Morgan fingerprint density at radius 1 is 1.31 bits per heavy atom. The van der Waals surface area contributed by atoms with Crippen LogP contribution in [0.2, 0.25) is 0 Å². The van der Waals surface area contributed by atoms with Crippen LogP contribution in [0, 0.1) is 5.92 Å². The normalized spacial score (nSPS) is 19.8. The van der Waals surface area contributed by atoms with Crippen LogP contribution in [0.3, 0.4) is 0 Å². The molecule has 2 atom stereocenters. The summed E-state index contributed by atoms with van der Waals surface area (Å²) in [7, 11) is 1.63. The predicted octanol–water partition coefficient (Wildman–Crippen LogP) is 4.08. The zero-order chi connectivity index (χ0) is 18.4. The van der Waals surface area contributed by atoms with Gasteiger partial charge in [-0.3, -0.25) is 4.79 Å². The lowest BCUT2D eigenvalue weighted by molar-refractivity contribution is -0.119. The number of anilines is 2. The Morgan fingerprint density at radius 3 is 2.92 bits per heavy atom. The average Bonchev–Trinajstić information content (AvgIpc) is 3.10. The molecule has 1 aliphatic rings. The molecule has 1 heterocycles. The third kappa shape index (κ3) is 5.11. The Kier molecular flexibility index (Phi) is 6.73. The quantitative estimate of drug-likeness (QED) is 0.692. The smallest absolute Gasteiger partial charge is 0.230 e. The van der Waals surface area contributed by atoms with Crippen molar-refractivity contribution in [2.75, 3.05) is 18.2 Å². The monoisotopic (exact) mass is 392 g/mol. The van der Waals surface area contributed by atoms with E-state index in [1.54, 1.807) is 7.11 Å². The largest absolute Gasteiger partial charge is 0.495 e. The molecule has 0 aliphatic heterocycles. The zero-order valence-corrected chi connectivity index (χ0v) is 16.7. The zero-order valence-electron chi connectivity index (χ0n) is 15.0. The summed E-state index contributed by atoms with van der Waals surface area (Å²) in [5.74, 6) is 1.75. The maximum Gasteiger partial charge on any atom is 0.230 e. The first-order valence-corrected chi connectivity index (χ1v) is 10.6. The van der Waals surface area contributed by atoms with Crippen molar-refractivity contribution >= 4 is 39.8 Å². The highest BCUT2D eigenvalue weighted by atomic mass is 32.2. The number of nitrogens with one attached hydrogen (secondary N) is 2. The molecule has 140 valence electrons. The van der Waals surface area contributed by atoms with Crippen LogP contribution in [0.5, 0.6) is 5.75 Å². The maximum atomic E-state index is 12.2. The van der Waals surface area contributed by atoms with E-state index in [9.17, 15) is 4.79 Å². The van der Waals surface area contributed by atoms with E-state index < -0.39 is 0 Å². The number of para-hydroxylation sites is 2. The number of methoxy groups -OCH3 is 1. The maximum absolute atomic E-state index is 12.2. The minimum atomic E-state index is 0.0724. The molecule has 0 saturated heterocycles. The van der Waals surface area contributed by atoms with Crippen molar-refractivity contribution in [2.45, 2.75) is 43.0 Å². The lowest BCUT2D eigenvalue weighted by Gasteiger charge is -2.29. The van der Waals surface area contributed by atoms with Crippen molar-refractivity contribution in [1.82, 2.24) is 15.5 Å². The number of hydrogen-bond acceptors (Lipinski definition) is 7. The van der Waals surface area contributed by atoms with Crippen LogP contribution in [0.15, 0.2) is 28.6 Å². The molecule has 1 amide bonds. The second-order valence-corrected chi connectivity index (χ2v) is 8.62. The van der Waals surface area contributed by atoms with Crippen molar-refractivity contribution in [3.63, 3.8) is 0 Å². The van der Waals surface area contributed by atoms with E-state index in [2.05, 4.69) is 27.8 Å². The fourth-order valence-corrected chi connectivity index (χ4v) is 4.66. The number of aromatic nitrogens is 2. The number of benzene rings is 1. The standard InChI is InChI=1S/C18H24N4O2S2/c1-12-7-3-4-8-13(12)19-16(23)11-25-18-22-21-17(26-18)20-14-9-5-6-10-15(14)24-2/h5-6,9-10,12-13H,3-4,7-8,11H2,1-2H3,(H,19,23)(H,20,21)/t12-,13-/m0/s1. The number of ether oxygens (including phenoxy) is 1. The Labute approximate surface area is 162 Å². The molecule has 1 saturated carbocycles. The van der Waals surface area contributed by atoms with Crippen molar-refractivity contribution < 1.29 is 9.53 Å². The van der Waals surface area contributed by atoms with E-state index >= 15 is 0 Å². The van der Waals surface area contributed by atoms with Gasteiger partial charge in [-0.15, -0.1) is 10.2 Å². The molecule has 1 aromatic carbocycles. The molecule has 2 N–H and O–H groups in total. The third-order valence-electron chi connectivity index (χ3n) is 4.54. The van der Waals surface area contributed by atoms with Gasteiger partial charge in [-0.1, -0.05) is 55.0 Å². The van der Waals surface area contributed by atoms with E-state index in [-0.39, 0.29) is 5.91 Å². The molecular formula is C18H24N4O2S2. The summed E-state index contributed by atoms with van der Waals surface area (Å²) in [6.45, 7) is 2.22. The van der Waals surface area contributed by atoms with Gasteiger partial charge in [-0.2, -0.15) is 0 Å². The minimum absolute atomic E-state index is 0.0724. The van der Waals surface area contributed by atoms with Gasteiger partial charge in [0, 0.05) is 6.04 Å². The minimum Gasteiger partial charge on any atom is -0.495 e. The van der Waals surface area contributed by atoms with Gasteiger partial charge in [0.25, 0.3) is 0 Å². The second kappa shape index (κ2) is 9.23. The Hall–Kier alpha value is -1.80. The fraction of sp³-hybridized carbons (Fsp3) is 0.500. The van der Waals surface area contributed by atoms with Gasteiger partial charge < -0.3 is 15.4 Å². The van der Waals surface area contributed by atoms with Crippen molar-refractivity contribution in [2.24, 2.45) is 5.92 Å². The molecule has 8 heteroatoms. The van der Waals surface area contributed by atoms with Gasteiger partial charge in [0.05, 0.1) is 18.6 Å². The van der Waals surface area contributed by atoms with Crippen molar-refractivity contribution in [3.05, 3.63) is 24.3 Å². The van der Waals surface area contributed by atoms with E-state index in [1.807, 2.05) is 24.3 Å². The molecule has 0 unspecified atom stereocenters. The highest BCUT2D eigenvalue weighted by Gasteiger charge is 2.22. The van der Waals surface area contributed by atoms with Gasteiger partial charge in [0.1, 0.15) is 5.75 Å². The van der Waals surface area contributed by atoms with Gasteiger partial charge in [0.15, 0.2) is 4.34 Å². The molecule has 1 aromatic heterocycles. The molecule has 1 fully saturated rings. The number of hydrogen-bond donors (Lipinski definition) is 2. The number of nitrogens with zero attached hydrogens (tertiary/aromatic N) is 2. The molecule has 0 spiro atoms. The lowest BCUT2D eigenvalue weighted by atomic mass is 9.86. The molecule has 26 heavy (non-hydrogen) atoms. The van der Waals surface area contributed by atoms with Gasteiger partial charge in [-0.05, 0) is 30.9 Å². The lowest BCUT2D eigenvalue weighted by Crippen LogP contribution is -2.41. The molecule has 6 nitrogen and oxygen atoms in total. The van der Waals surface area contributed by atoms with Crippen LogP contribution in [0.25, 0.3) is 0 Å². The summed E-state index contributed by atoms with van der Waals surface area (Å²) in [4.78, 5) is 12.2. The molecule has 1 aliphatic carbocycles. The summed E-state index contributed by atoms with van der Waals surface area (Å²) in [5, 5.41) is 15.3. The molecular weight excluding hydrogens is 368 g/mol. The van der Waals surface area contributed by atoms with Crippen LogP contribution in [0.4, 0.5) is 10.8 Å². The van der Waals surface area contributed by atoms with Gasteiger partial charge >= 0.3 is 0 Å². The average molecular weight is 393 g/mol. The first kappa shape index (κ1) is 19.0.